The average molecular weight is 699 g/mol. The maximum atomic E-state index is 12.8. The van der Waals surface area contributed by atoms with E-state index in [1.807, 2.05) is 16.7 Å². The molecule has 17 heteroatoms. The molecule has 7 N–H and O–H groups in total. The molecular weight excluding hydrogens is 674 g/mol. The Morgan fingerprint density at radius 1 is 0.755 bits per heavy atom. The fourth-order valence-corrected chi connectivity index (χ4v) is 5.05. The molecule has 7 rings (SSSR count). The van der Waals surface area contributed by atoms with Crippen LogP contribution < -0.4 is 22.5 Å². The fourth-order valence-electron chi connectivity index (χ4n) is 4.89. The van der Waals surface area contributed by atoms with Gasteiger partial charge in [-0.05, 0) is 73.0 Å². The molecule has 0 atom stereocenters. The van der Waals surface area contributed by atoms with E-state index in [1.54, 1.807) is 12.1 Å². The van der Waals surface area contributed by atoms with Gasteiger partial charge in [-0.3, -0.25) is 4.57 Å². The van der Waals surface area contributed by atoms with Gasteiger partial charge in [-0.1, -0.05) is 23.7 Å². The van der Waals surface area contributed by atoms with Gasteiger partial charge < -0.3 is 22.5 Å². The lowest BCUT2D eigenvalue weighted by Gasteiger charge is -2.12. The second-order valence-corrected chi connectivity index (χ2v) is 11.4. The van der Waals surface area contributed by atoms with Crippen LogP contribution in [-0.4, -0.2) is 29.5 Å². The van der Waals surface area contributed by atoms with E-state index in [2.05, 4.69) is 25.3 Å². The second kappa shape index (κ2) is 12.8. The zero-order valence-corrected chi connectivity index (χ0v) is 25.8. The number of hydrogen-bond acceptors (Lipinski definition) is 9. The monoisotopic (exact) mass is 698 g/mol. The number of nitrogens with two attached hydrogens (primary N) is 3. The van der Waals surface area contributed by atoms with Crippen LogP contribution in [0.4, 0.5) is 55.6 Å². The molecule has 0 unspecified atom stereocenters. The van der Waals surface area contributed by atoms with Crippen LogP contribution in [0.1, 0.15) is 35.7 Å². The Morgan fingerprint density at radius 2 is 1.39 bits per heavy atom. The third-order valence-electron chi connectivity index (χ3n) is 7.37. The summed E-state index contributed by atoms with van der Waals surface area (Å²) in [6, 6.07) is 16.3. The number of benzene rings is 3. The minimum Gasteiger partial charge on any atom is -0.383 e. The molecule has 1 fully saturated rings. The quantitative estimate of drug-likeness (QED) is 0.131. The summed E-state index contributed by atoms with van der Waals surface area (Å²) in [6.45, 7) is 0. The van der Waals surface area contributed by atoms with Crippen LogP contribution in [0, 0.1) is 0 Å². The van der Waals surface area contributed by atoms with Crippen LogP contribution in [0.5, 0.6) is 0 Å². The Hall–Kier alpha value is -5.64. The molecule has 0 radical (unpaired) electrons. The number of fused-ring (bicyclic) bond motifs is 1. The number of nitrogens with one attached hydrogen (secondary N) is 1. The molecule has 1 aliphatic rings. The van der Waals surface area contributed by atoms with Crippen molar-refractivity contribution in [2.45, 2.75) is 31.1 Å². The highest BCUT2D eigenvalue weighted by atomic mass is 35.5. The molecule has 0 aliphatic heterocycles. The van der Waals surface area contributed by atoms with E-state index in [0.717, 1.165) is 54.0 Å². The van der Waals surface area contributed by atoms with E-state index in [-0.39, 0.29) is 23.5 Å². The number of nitrogen functional groups attached to an aromatic ring is 3. The Kier molecular flexibility index (Phi) is 8.66. The molecule has 1 saturated carbocycles. The lowest BCUT2D eigenvalue weighted by atomic mass is 10.1. The molecule has 0 amide bonds. The van der Waals surface area contributed by atoms with Gasteiger partial charge in [-0.25, -0.2) is 9.97 Å². The Bertz CT molecular complexity index is 2130. The summed E-state index contributed by atoms with van der Waals surface area (Å²) in [5, 5.41) is 3.49. The molecular formula is C32H25ClF6N10. The molecule has 0 spiro atoms. The third-order valence-corrected chi connectivity index (χ3v) is 7.61. The van der Waals surface area contributed by atoms with E-state index >= 15 is 0 Å². The summed E-state index contributed by atoms with van der Waals surface area (Å²) in [5.74, 6) is 2.23. The van der Waals surface area contributed by atoms with Crippen molar-refractivity contribution in [1.82, 2.24) is 29.5 Å². The van der Waals surface area contributed by atoms with Gasteiger partial charge in [-0.2, -0.15) is 41.3 Å². The first kappa shape index (κ1) is 33.3. The molecule has 10 nitrogen and oxygen atoms in total. The van der Waals surface area contributed by atoms with Crippen LogP contribution in [-0.2, 0) is 12.4 Å². The van der Waals surface area contributed by atoms with Crippen LogP contribution in [0.25, 0.3) is 28.0 Å². The van der Waals surface area contributed by atoms with Gasteiger partial charge in [0.25, 0.3) is 0 Å². The normalized spacial score (nSPS) is 13.2. The maximum absolute atomic E-state index is 12.8. The first-order chi connectivity index (χ1) is 23.2. The topological polar surface area (TPSA) is 159 Å². The van der Waals surface area contributed by atoms with Crippen molar-refractivity contribution in [2.24, 2.45) is 0 Å². The fraction of sp³-hybridized carbons (Fsp3) is 0.156. The van der Waals surface area contributed by atoms with Crippen molar-refractivity contribution in [3.05, 3.63) is 101 Å². The summed E-state index contributed by atoms with van der Waals surface area (Å²) in [7, 11) is 0. The van der Waals surface area contributed by atoms with Gasteiger partial charge in [0.05, 0.1) is 22.2 Å². The maximum Gasteiger partial charge on any atom is 0.416 e. The molecule has 1 aliphatic carbocycles. The summed E-state index contributed by atoms with van der Waals surface area (Å²) in [4.78, 5) is 21.0. The number of halogens is 7. The SMILES string of the molecule is Nc1cc(-n2c(C3CC3)nc3ccc(Cl)cc32)nc(Nc2ccc(C(F)(F)F)cc2)n1.Nc1ncc(-c2ccc(C(F)(F)F)cc2)c(N)n1. The highest BCUT2D eigenvalue weighted by Crippen LogP contribution is 2.42. The average Bonchev–Trinajstić information content (AvgIpc) is 3.81. The van der Waals surface area contributed by atoms with Crippen molar-refractivity contribution in [3.8, 4) is 16.9 Å². The number of alkyl halides is 6. The summed E-state index contributed by atoms with van der Waals surface area (Å²) in [5.41, 5.74) is 18.5. The van der Waals surface area contributed by atoms with E-state index < -0.39 is 23.5 Å². The number of aromatic nitrogens is 6. The zero-order valence-electron chi connectivity index (χ0n) is 25.1. The Morgan fingerprint density at radius 3 is 1.98 bits per heavy atom. The molecule has 3 aromatic heterocycles. The highest BCUT2D eigenvalue weighted by molar-refractivity contribution is 6.31. The molecule has 3 aromatic carbocycles. The van der Waals surface area contributed by atoms with Gasteiger partial charge in [0.15, 0.2) is 0 Å². The largest absolute Gasteiger partial charge is 0.416 e. The summed E-state index contributed by atoms with van der Waals surface area (Å²) >= 11 is 6.21. The second-order valence-electron chi connectivity index (χ2n) is 11.0. The molecule has 0 saturated heterocycles. The predicted molar refractivity (Wildman–Crippen MR) is 174 cm³/mol. The molecule has 6 aromatic rings. The van der Waals surface area contributed by atoms with Crippen molar-refractivity contribution < 1.29 is 26.3 Å². The van der Waals surface area contributed by atoms with E-state index in [4.69, 9.17) is 33.8 Å². The number of imidazole rings is 1. The number of nitrogens with zero attached hydrogens (tertiary/aromatic N) is 6. The van der Waals surface area contributed by atoms with Gasteiger partial charge in [0, 0.05) is 34.5 Å². The molecule has 49 heavy (non-hydrogen) atoms. The third kappa shape index (κ3) is 7.59. The van der Waals surface area contributed by atoms with E-state index in [1.165, 1.54) is 30.5 Å². The van der Waals surface area contributed by atoms with E-state index in [0.29, 0.717) is 33.6 Å². The standard InChI is InChI=1S/C21H16ClF3N6.C11H9F3N4/c22-13-5-8-15-16(9-13)31(19(28-15)11-1-2-11)18-10-17(26)29-20(30-18)27-14-6-3-12(4-7-14)21(23,24)25;12-11(13,14)7-3-1-6(2-4-7)8-5-17-10(16)18-9(8)15/h3-11H,1-2H2,(H3,26,27,29,30);1-5H,(H4,15,16,17,18). The molecule has 3 heterocycles. The van der Waals surface area contributed by atoms with Crippen LogP contribution in [0.2, 0.25) is 5.02 Å². The smallest absolute Gasteiger partial charge is 0.383 e. The van der Waals surface area contributed by atoms with Crippen molar-refractivity contribution in [3.63, 3.8) is 0 Å². The molecule has 252 valence electrons. The first-order valence-electron chi connectivity index (χ1n) is 14.5. The van der Waals surface area contributed by atoms with Crippen molar-refractivity contribution >= 4 is 51.9 Å². The number of hydrogen-bond donors (Lipinski definition) is 4. The Balaban J connectivity index is 0.000000197. The summed E-state index contributed by atoms with van der Waals surface area (Å²) in [6.07, 6.45) is -5.31. The predicted octanol–water partition coefficient (Wildman–Crippen LogP) is 8.02. The minimum absolute atomic E-state index is 0.0168. The lowest BCUT2D eigenvalue weighted by molar-refractivity contribution is -0.138. The van der Waals surface area contributed by atoms with Crippen LogP contribution in [0.3, 0.4) is 0 Å². The summed E-state index contributed by atoms with van der Waals surface area (Å²) < 4.78 is 77.5. The Labute approximate surface area is 279 Å². The van der Waals surface area contributed by atoms with Gasteiger partial charge in [0.2, 0.25) is 11.9 Å². The highest BCUT2D eigenvalue weighted by Gasteiger charge is 2.32. The molecule has 0 bridgehead atoms. The lowest BCUT2D eigenvalue weighted by Crippen LogP contribution is -2.08. The van der Waals surface area contributed by atoms with Crippen molar-refractivity contribution in [2.75, 3.05) is 22.5 Å². The van der Waals surface area contributed by atoms with Gasteiger partial charge in [0.1, 0.15) is 23.3 Å². The first-order valence-corrected chi connectivity index (χ1v) is 14.9. The van der Waals surface area contributed by atoms with Gasteiger partial charge in [-0.15, -0.1) is 0 Å². The van der Waals surface area contributed by atoms with Gasteiger partial charge >= 0.3 is 12.4 Å². The minimum atomic E-state index is -4.40. The van der Waals surface area contributed by atoms with Crippen LogP contribution >= 0.6 is 11.6 Å². The van der Waals surface area contributed by atoms with E-state index in [9.17, 15) is 26.3 Å². The number of anilines is 5. The van der Waals surface area contributed by atoms with Crippen molar-refractivity contribution in [1.29, 1.82) is 0 Å². The van der Waals surface area contributed by atoms with Crippen LogP contribution in [0.15, 0.2) is 79.0 Å². The zero-order chi connectivity index (χ0) is 35.1. The number of rotatable bonds is 5.